The van der Waals surface area contributed by atoms with Gasteiger partial charge in [0.1, 0.15) is 17.6 Å². The number of carboxylic acid groups (broad SMARTS) is 1. The first kappa shape index (κ1) is 28.7. The lowest BCUT2D eigenvalue weighted by Gasteiger charge is -2.39. The third-order valence-electron chi connectivity index (χ3n) is 7.73. The van der Waals surface area contributed by atoms with Gasteiger partial charge in [-0.25, -0.2) is 0 Å². The number of aromatic nitrogens is 2. The second-order valence-electron chi connectivity index (χ2n) is 10.4. The van der Waals surface area contributed by atoms with Crippen LogP contribution in [0, 0.1) is 5.41 Å². The summed E-state index contributed by atoms with van der Waals surface area (Å²) in [5.74, 6) is -0.606. The van der Waals surface area contributed by atoms with Crippen LogP contribution >= 0.6 is 11.6 Å². The molecule has 4 N–H and O–H groups in total. The number of piperidine rings is 1. The maximum Gasteiger partial charge on any atom is 0.429 e. The number of benzene rings is 2. The number of nitrogens with one attached hydrogen (secondary N) is 1. The molecule has 1 unspecified atom stereocenters. The summed E-state index contributed by atoms with van der Waals surface area (Å²) >= 11 is 6.19. The molecule has 3 aromatic rings. The number of hydrogen-bond donors (Lipinski definition) is 3. The zero-order valence-corrected chi connectivity index (χ0v) is 22.9. The van der Waals surface area contributed by atoms with E-state index in [9.17, 15) is 23.1 Å². The van der Waals surface area contributed by atoms with E-state index in [-0.39, 0.29) is 33.4 Å². The fourth-order valence-electron chi connectivity index (χ4n) is 5.56. The Labute approximate surface area is 239 Å². The maximum absolute atomic E-state index is 14.5. The summed E-state index contributed by atoms with van der Waals surface area (Å²) in [6, 6.07) is 11.5. The molecule has 218 valence electrons. The van der Waals surface area contributed by atoms with Crippen molar-refractivity contribution in [1.82, 2.24) is 15.3 Å². The first-order valence-electron chi connectivity index (χ1n) is 13.0. The zero-order valence-electron chi connectivity index (χ0n) is 22.1. The molecule has 0 bridgehead atoms. The SMILES string of the molecule is COc1cccc(-c2cc(Cl)ccc2[C@@H](Oc2cc(N3CCC4(CC3)CNC(C(=O)O)C4)nc(N)n2)C(F)(F)F)c1. The highest BCUT2D eigenvalue weighted by Gasteiger charge is 2.46. The van der Waals surface area contributed by atoms with Crippen LogP contribution in [0.2, 0.25) is 5.02 Å². The molecule has 0 radical (unpaired) electrons. The molecule has 0 aliphatic carbocycles. The minimum absolute atomic E-state index is 0.149. The number of aliphatic carboxylic acids is 1. The van der Waals surface area contributed by atoms with Gasteiger partial charge in [-0.15, -0.1) is 0 Å². The van der Waals surface area contributed by atoms with Crippen LogP contribution in [0.3, 0.4) is 0 Å². The number of rotatable bonds is 7. The highest BCUT2D eigenvalue weighted by molar-refractivity contribution is 6.30. The molecule has 1 aromatic heterocycles. The van der Waals surface area contributed by atoms with Crippen molar-refractivity contribution in [1.29, 1.82) is 0 Å². The van der Waals surface area contributed by atoms with E-state index in [0.29, 0.717) is 56.0 Å². The molecule has 1 spiro atoms. The minimum atomic E-state index is -4.81. The monoisotopic (exact) mass is 591 g/mol. The minimum Gasteiger partial charge on any atom is -0.497 e. The van der Waals surface area contributed by atoms with Crippen molar-refractivity contribution in [3.63, 3.8) is 0 Å². The lowest BCUT2D eigenvalue weighted by atomic mass is 9.76. The summed E-state index contributed by atoms with van der Waals surface area (Å²) in [5.41, 5.74) is 6.30. The summed E-state index contributed by atoms with van der Waals surface area (Å²) in [7, 11) is 1.47. The molecule has 2 aliphatic rings. The predicted molar refractivity (Wildman–Crippen MR) is 147 cm³/mol. The first-order chi connectivity index (χ1) is 19.5. The van der Waals surface area contributed by atoms with Crippen LogP contribution in [-0.2, 0) is 4.79 Å². The highest BCUT2D eigenvalue weighted by atomic mass is 35.5. The van der Waals surface area contributed by atoms with E-state index >= 15 is 0 Å². The van der Waals surface area contributed by atoms with Gasteiger partial charge in [-0.1, -0.05) is 29.8 Å². The van der Waals surface area contributed by atoms with E-state index in [2.05, 4.69) is 15.3 Å². The van der Waals surface area contributed by atoms with Crippen LogP contribution in [0.4, 0.5) is 24.9 Å². The van der Waals surface area contributed by atoms with Crippen molar-refractivity contribution in [3.8, 4) is 22.8 Å². The predicted octanol–water partition coefficient (Wildman–Crippen LogP) is 5.10. The van der Waals surface area contributed by atoms with Gasteiger partial charge < -0.3 is 30.5 Å². The average Bonchev–Trinajstić information content (AvgIpc) is 3.35. The first-order valence-corrected chi connectivity index (χ1v) is 13.4. The summed E-state index contributed by atoms with van der Waals surface area (Å²) in [4.78, 5) is 21.5. The molecule has 5 rings (SSSR count). The van der Waals surface area contributed by atoms with Crippen LogP contribution < -0.4 is 25.4 Å². The van der Waals surface area contributed by atoms with Crippen molar-refractivity contribution < 1.29 is 32.5 Å². The summed E-state index contributed by atoms with van der Waals surface area (Å²) in [5, 5.41) is 12.7. The summed E-state index contributed by atoms with van der Waals surface area (Å²) < 4.78 is 54.4. The van der Waals surface area contributed by atoms with Crippen molar-refractivity contribution >= 4 is 29.3 Å². The molecule has 41 heavy (non-hydrogen) atoms. The quantitative estimate of drug-likeness (QED) is 0.344. The Morgan fingerprint density at radius 2 is 1.95 bits per heavy atom. The summed E-state index contributed by atoms with van der Waals surface area (Å²) in [6.45, 7) is 1.66. The number of alkyl halides is 3. The number of carboxylic acids is 1. The number of ether oxygens (including phenoxy) is 2. The van der Waals surface area contributed by atoms with Crippen LogP contribution in [0.5, 0.6) is 11.6 Å². The van der Waals surface area contributed by atoms with Gasteiger partial charge in [0.25, 0.3) is 0 Å². The topological polar surface area (TPSA) is 123 Å². The molecule has 2 atom stereocenters. The molecule has 9 nitrogen and oxygen atoms in total. The van der Waals surface area contributed by atoms with Gasteiger partial charge in [0, 0.05) is 36.3 Å². The maximum atomic E-state index is 14.5. The average molecular weight is 592 g/mol. The molecule has 13 heteroatoms. The number of nitrogens with zero attached hydrogens (tertiary/aromatic N) is 3. The molecular weight excluding hydrogens is 563 g/mol. The van der Waals surface area contributed by atoms with Crippen molar-refractivity contribution in [2.75, 3.05) is 37.4 Å². The third-order valence-corrected chi connectivity index (χ3v) is 7.96. The number of carbonyl (C=O) groups is 1. The number of halogens is 4. The highest BCUT2D eigenvalue weighted by Crippen LogP contribution is 2.43. The van der Waals surface area contributed by atoms with Gasteiger partial charge in [-0.05, 0) is 60.1 Å². The molecular formula is C28H29ClF3N5O4. The van der Waals surface area contributed by atoms with Gasteiger partial charge >= 0.3 is 12.1 Å². The molecule has 2 fully saturated rings. The fraction of sp³-hybridized carbons (Fsp3) is 0.393. The van der Waals surface area contributed by atoms with Crippen LogP contribution in [0.25, 0.3) is 11.1 Å². The molecule has 3 heterocycles. The molecule has 2 aliphatic heterocycles. The number of nitrogen functional groups attached to an aromatic ring is 1. The zero-order chi connectivity index (χ0) is 29.4. The van der Waals surface area contributed by atoms with E-state index in [1.165, 1.54) is 31.4 Å². The van der Waals surface area contributed by atoms with Crippen LogP contribution in [0.15, 0.2) is 48.5 Å². The van der Waals surface area contributed by atoms with E-state index < -0.39 is 24.3 Å². The third kappa shape index (κ3) is 6.28. The lowest BCUT2D eigenvalue weighted by Crippen LogP contribution is -2.41. The smallest absolute Gasteiger partial charge is 0.429 e. The number of hydrogen-bond acceptors (Lipinski definition) is 8. The van der Waals surface area contributed by atoms with Gasteiger partial charge in [0.2, 0.25) is 17.9 Å². The molecule has 0 saturated carbocycles. The number of methoxy groups -OCH3 is 1. The largest absolute Gasteiger partial charge is 0.497 e. The van der Waals surface area contributed by atoms with Gasteiger partial charge in [-0.2, -0.15) is 23.1 Å². The Morgan fingerprint density at radius 3 is 2.61 bits per heavy atom. The van der Waals surface area contributed by atoms with Crippen molar-refractivity contribution in [2.45, 2.75) is 37.6 Å². The second-order valence-corrected chi connectivity index (χ2v) is 10.8. The normalized spacial score (nSPS) is 19.2. The van der Waals surface area contributed by atoms with E-state index in [1.807, 2.05) is 4.90 Å². The van der Waals surface area contributed by atoms with Gasteiger partial charge in [0.05, 0.1) is 7.11 Å². The Hall–Kier alpha value is -3.77. The van der Waals surface area contributed by atoms with Gasteiger partial charge in [0.15, 0.2) is 0 Å². The Balaban J connectivity index is 1.42. The molecule has 2 saturated heterocycles. The Kier molecular flexibility index (Phi) is 7.89. The summed E-state index contributed by atoms with van der Waals surface area (Å²) in [6.07, 6.45) is -5.27. The lowest BCUT2D eigenvalue weighted by molar-refractivity contribution is -0.198. The van der Waals surface area contributed by atoms with Crippen molar-refractivity contribution in [3.05, 3.63) is 59.1 Å². The fourth-order valence-corrected chi connectivity index (χ4v) is 5.73. The number of nitrogens with two attached hydrogens (primary N) is 1. The standard InChI is InChI=1S/C28H29ClF3N5O4/c1-40-18-4-2-3-16(11-18)20-12-17(29)5-6-19(20)24(28(30,31)32)41-23-13-22(35-26(33)36-23)37-9-7-27(8-10-37)14-21(25(38)39)34-15-27/h2-6,11-13,21,24,34H,7-10,14-15H2,1H3,(H,38,39)(H2,33,35,36)/t21?,24-/m1/s1. The molecule has 0 amide bonds. The Bertz CT molecular complexity index is 1430. The van der Waals surface area contributed by atoms with E-state index in [4.69, 9.17) is 26.8 Å². The van der Waals surface area contributed by atoms with Crippen molar-refractivity contribution in [2.24, 2.45) is 5.41 Å². The van der Waals surface area contributed by atoms with Crippen LogP contribution in [0.1, 0.15) is 30.9 Å². The van der Waals surface area contributed by atoms with Gasteiger partial charge in [-0.3, -0.25) is 4.79 Å². The van der Waals surface area contributed by atoms with E-state index in [1.54, 1.807) is 24.3 Å². The van der Waals surface area contributed by atoms with Crippen LogP contribution in [-0.4, -0.2) is 60.0 Å². The number of anilines is 2. The second kappa shape index (κ2) is 11.2. The Morgan fingerprint density at radius 1 is 1.20 bits per heavy atom. The van der Waals surface area contributed by atoms with E-state index in [0.717, 1.165) is 0 Å². The molecule has 2 aromatic carbocycles.